The van der Waals surface area contributed by atoms with Crippen LogP contribution in [0.5, 0.6) is 5.75 Å². The summed E-state index contributed by atoms with van der Waals surface area (Å²) in [5.41, 5.74) is 0.973. The molecule has 2 nitrogen and oxygen atoms in total. The van der Waals surface area contributed by atoms with Crippen LogP contribution < -0.4 is 10.1 Å². The first-order valence-corrected chi connectivity index (χ1v) is 6.14. The second-order valence-corrected chi connectivity index (χ2v) is 4.78. The average Bonchev–Trinajstić information content (AvgIpc) is 2.27. The number of hydrogen-bond acceptors (Lipinski definition) is 2. The summed E-state index contributed by atoms with van der Waals surface area (Å²) in [6.45, 7) is 4.08. The number of nitrogens with one attached hydrogen (secondary N) is 1. The first-order chi connectivity index (χ1) is 7.58. The van der Waals surface area contributed by atoms with E-state index in [0.717, 1.165) is 12.1 Å². The molecular weight excluding hydrogens is 245 g/mol. The Bertz CT molecular complexity index is 342. The molecule has 1 aromatic carbocycles. The molecule has 0 aliphatic heterocycles. The van der Waals surface area contributed by atoms with Gasteiger partial charge in [-0.05, 0) is 25.5 Å². The maximum Gasteiger partial charge on any atom is 0.139 e. The molecule has 90 valence electrons. The maximum absolute atomic E-state index is 6.08. The molecule has 1 aromatic rings. The summed E-state index contributed by atoms with van der Waals surface area (Å²) < 4.78 is 5.16. The fourth-order valence-corrected chi connectivity index (χ4v) is 1.94. The molecule has 0 heterocycles. The van der Waals surface area contributed by atoms with E-state index >= 15 is 0 Å². The molecule has 2 atom stereocenters. The third kappa shape index (κ3) is 3.46. The van der Waals surface area contributed by atoms with Crippen molar-refractivity contribution in [2.24, 2.45) is 0 Å². The zero-order valence-electron chi connectivity index (χ0n) is 9.76. The second-order valence-electron chi connectivity index (χ2n) is 3.69. The highest BCUT2D eigenvalue weighted by Gasteiger charge is 2.13. The number of rotatable bonds is 5. The van der Waals surface area contributed by atoms with Crippen molar-refractivity contribution < 1.29 is 4.74 Å². The van der Waals surface area contributed by atoms with Crippen LogP contribution in [0.15, 0.2) is 18.2 Å². The van der Waals surface area contributed by atoms with Gasteiger partial charge in [-0.25, -0.2) is 0 Å². The van der Waals surface area contributed by atoms with E-state index in [2.05, 4.69) is 12.2 Å². The summed E-state index contributed by atoms with van der Waals surface area (Å²) in [6.07, 6.45) is 0.968. The lowest BCUT2D eigenvalue weighted by Gasteiger charge is -2.21. The molecule has 1 rings (SSSR count). The lowest BCUT2D eigenvalue weighted by atomic mass is 10.1. The third-order valence-corrected chi connectivity index (χ3v) is 3.11. The van der Waals surface area contributed by atoms with Gasteiger partial charge >= 0.3 is 0 Å². The fourth-order valence-electron chi connectivity index (χ4n) is 1.51. The molecule has 0 radical (unpaired) electrons. The van der Waals surface area contributed by atoms with Crippen molar-refractivity contribution in [2.45, 2.75) is 31.7 Å². The minimum Gasteiger partial charge on any atom is -0.495 e. The molecule has 0 bridgehead atoms. The quantitative estimate of drug-likeness (QED) is 0.804. The lowest BCUT2D eigenvalue weighted by Crippen LogP contribution is -2.26. The zero-order chi connectivity index (χ0) is 12.1. The van der Waals surface area contributed by atoms with Crippen molar-refractivity contribution in [3.63, 3.8) is 0 Å². The summed E-state index contributed by atoms with van der Waals surface area (Å²) in [7, 11) is 1.60. The number of halogens is 2. The number of ether oxygens (including phenoxy) is 1. The van der Waals surface area contributed by atoms with Crippen molar-refractivity contribution in [1.82, 2.24) is 0 Å². The minimum atomic E-state index is 0.0756. The first kappa shape index (κ1) is 13.5. The molecule has 4 heteroatoms. The van der Waals surface area contributed by atoms with Crippen LogP contribution in [0.3, 0.4) is 0 Å². The van der Waals surface area contributed by atoms with Crippen LogP contribution in [0.1, 0.15) is 20.3 Å². The summed E-state index contributed by atoms with van der Waals surface area (Å²) in [6, 6.07) is 5.86. The highest BCUT2D eigenvalue weighted by molar-refractivity contribution is 6.32. The van der Waals surface area contributed by atoms with E-state index in [9.17, 15) is 0 Å². The molecule has 0 amide bonds. The van der Waals surface area contributed by atoms with E-state index in [1.165, 1.54) is 0 Å². The molecular formula is C12H17Cl2NO. The van der Waals surface area contributed by atoms with E-state index in [0.29, 0.717) is 10.8 Å². The Balaban J connectivity index is 2.80. The van der Waals surface area contributed by atoms with Crippen LogP contribution in [0.4, 0.5) is 5.69 Å². The van der Waals surface area contributed by atoms with Crippen LogP contribution in [-0.2, 0) is 0 Å². The Hall–Kier alpha value is -0.600. The van der Waals surface area contributed by atoms with Gasteiger partial charge in [-0.1, -0.05) is 18.5 Å². The topological polar surface area (TPSA) is 21.3 Å². The van der Waals surface area contributed by atoms with E-state index in [4.69, 9.17) is 27.9 Å². The van der Waals surface area contributed by atoms with Gasteiger partial charge in [0.05, 0.1) is 17.5 Å². The van der Waals surface area contributed by atoms with Crippen molar-refractivity contribution in [3.8, 4) is 5.75 Å². The van der Waals surface area contributed by atoms with E-state index < -0.39 is 0 Å². The van der Waals surface area contributed by atoms with E-state index in [1.807, 2.05) is 25.1 Å². The third-order valence-electron chi connectivity index (χ3n) is 2.50. The van der Waals surface area contributed by atoms with Gasteiger partial charge in [0.1, 0.15) is 5.75 Å². The predicted molar refractivity (Wildman–Crippen MR) is 71.0 cm³/mol. The predicted octanol–water partition coefficient (Wildman–Crippen LogP) is 4.17. The monoisotopic (exact) mass is 261 g/mol. The van der Waals surface area contributed by atoms with Crippen LogP contribution in [0.2, 0.25) is 5.02 Å². The number of hydrogen-bond donors (Lipinski definition) is 1. The Labute approximate surface area is 107 Å². The van der Waals surface area contributed by atoms with E-state index in [-0.39, 0.29) is 11.4 Å². The van der Waals surface area contributed by atoms with Crippen molar-refractivity contribution in [3.05, 3.63) is 23.2 Å². The second kappa shape index (κ2) is 6.21. The Morgan fingerprint density at radius 2 is 2.12 bits per heavy atom. The van der Waals surface area contributed by atoms with Crippen molar-refractivity contribution in [2.75, 3.05) is 12.4 Å². The molecule has 0 saturated heterocycles. The van der Waals surface area contributed by atoms with Gasteiger partial charge in [-0.2, -0.15) is 0 Å². The highest BCUT2D eigenvalue weighted by Crippen LogP contribution is 2.28. The molecule has 0 aliphatic rings. The van der Waals surface area contributed by atoms with Crippen LogP contribution >= 0.6 is 23.2 Å². The van der Waals surface area contributed by atoms with Crippen LogP contribution in [0.25, 0.3) is 0 Å². The number of methoxy groups -OCH3 is 1. The summed E-state index contributed by atoms with van der Waals surface area (Å²) >= 11 is 12.0. The maximum atomic E-state index is 6.08. The molecule has 1 N–H and O–H groups in total. The Kier molecular flexibility index (Phi) is 5.23. The summed E-state index contributed by atoms with van der Waals surface area (Å²) in [5.74, 6) is 0.670. The van der Waals surface area contributed by atoms with Gasteiger partial charge < -0.3 is 10.1 Å². The average molecular weight is 262 g/mol. The molecule has 0 saturated carbocycles. The molecule has 0 aromatic heterocycles. The molecule has 1 unspecified atom stereocenters. The standard InChI is InChI=1S/C12H17Cl2NO/c1-4-11(8(2)13)15-9-5-6-10(14)12(7-9)16-3/h5-8,11,15H,4H2,1-3H3/t8-,11?/m1/s1. The molecule has 0 fully saturated rings. The fraction of sp³-hybridized carbons (Fsp3) is 0.500. The van der Waals surface area contributed by atoms with Gasteiger partial charge in [-0.3, -0.25) is 0 Å². The van der Waals surface area contributed by atoms with Gasteiger partial charge in [0, 0.05) is 17.8 Å². The summed E-state index contributed by atoms with van der Waals surface area (Å²) in [5, 5.41) is 4.05. The number of anilines is 1. The van der Waals surface area contributed by atoms with Gasteiger partial charge in [-0.15, -0.1) is 11.6 Å². The van der Waals surface area contributed by atoms with Gasteiger partial charge in [0.25, 0.3) is 0 Å². The Morgan fingerprint density at radius 1 is 1.44 bits per heavy atom. The smallest absolute Gasteiger partial charge is 0.139 e. The van der Waals surface area contributed by atoms with Crippen molar-refractivity contribution >= 4 is 28.9 Å². The Morgan fingerprint density at radius 3 is 2.62 bits per heavy atom. The molecule has 0 aliphatic carbocycles. The molecule has 16 heavy (non-hydrogen) atoms. The van der Waals surface area contributed by atoms with E-state index in [1.54, 1.807) is 7.11 Å². The molecule has 0 spiro atoms. The highest BCUT2D eigenvalue weighted by atomic mass is 35.5. The minimum absolute atomic E-state index is 0.0756. The largest absolute Gasteiger partial charge is 0.495 e. The summed E-state index contributed by atoms with van der Waals surface area (Å²) in [4.78, 5) is 0. The first-order valence-electron chi connectivity index (χ1n) is 5.32. The van der Waals surface area contributed by atoms with Gasteiger partial charge in [0.2, 0.25) is 0 Å². The zero-order valence-corrected chi connectivity index (χ0v) is 11.3. The SMILES string of the molecule is CCC(Nc1ccc(Cl)c(OC)c1)[C@@H](C)Cl. The van der Waals surface area contributed by atoms with Crippen LogP contribution in [-0.4, -0.2) is 18.5 Å². The van der Waals surface area contributed by atoms with Crippen molar-refractivity contribution in [1.29, 1.82) is 0 Å². The van der Waals surface area contributed by atoms with Crippen LogP contribution in [0, 0.1) is 0 Å². The number of benzene rings is 1. The number of alkyl halides is 1. The van der Waals surface area contributed by atoms with Gasteiger partial charge in [0.15, 0.2) is 0 Å². The lowest BCUT2D eigenvalue weighted by molar-refractivity contribution is 0.415. The normalized spacial score (nSPS) is 14.3.